The minimum atomic E-state index is -0.369. The smallest absolute Gasteiger partial charge is 0.250 e. The first-order valence-corrected chi connectivity index (χ1v) is 6.36. The standard InChI is InChI=1S/C14H20N2O2/c1-10-4-3-5-12(8-10)11(2)16-14(17)13-9-15-6-7-18-13/h3-5,8,11,13,15H,6-7,9H2,1-2H3,(H,16,17)/t11-,13?/m0/s1. The van der Waals surface area contributed by atoms with Gasteiger partial charge < -0.3 is 15.4 Å². The number of rotatable bonds is 3. The largest absolute Gasteiger partial charge is 0.366 e. The third-order valence-corrected chi connectivity index (χ3v) is 3.12. The predicted molar refractivity (Wildman–Crippen MR) is 70.3 cm³/mol. The molecule has 1 heterocycles. The molecule has 0 radical (unpaired) electrons. The van der Waals surface area contributed by atoms with Gasteiger partial charge in [-0.2, -0.15) is 0 Å². The number of morpholine rings is 1. The van der Waals surface area contributed by atoms with Gasteiger partial charge >= 0.3 is 0 Å². The number of ether oxygens (including phenoxy) is 1. The van der Waals surface area contributed by atoms with Crippen LogP contribution in [-0.4, -0.2) is 31.7 Å². The molecule has 18 heavy (non-hydrogen) atoms. The fraction of sp³-hybridized carbons (Fsp3) is 0.500. The predicted octanol–water partition coefficient (Wildman–Crippen LogP) is 1.16. The van der Waals surface area contributed by atoms with Gasteiger partial charge in [0.2, 0.25) is 0 Å². The van der Waals surface area contributed by atoms with E-state index < -0.39 is 0 Å². The second-order valence-electron chi connectivity index (χ2n) is 4.71. The molecule has 1 amide bonds. The van der Waals surface area contributed by atoms with Gasteiger partial charge in [-0.15, -0.1) is 0 Å². The van der Waals surface area contributed by atoms with Gasteiger partial charge in [-0.1, -0.05) is 29.8 Å². The summed E-state index contributed by atoms with van der Waals surface area (Å²) in [6.07, 6.45) is -0.369. The zero-order chi connectivity index (χ0) is 13.0. The summed E-state index contributed by atoms with van der Waals surface area (Å²) in [6.45, 7) is 6.04. The third kappa shape index (κ3) is 3.31. The molecule has 4 nitrogen and oxygen atoms in total. The fourth-order valence-corrected chi connectivity index (χ4v) is 2.06. The van der Waals surface area contributed by atoms with E-state index in [9.17, 15) is 4.79 Å². The topological polar surface area (TPSA) is 50.4 Å². The van der Waals surface area contributed by atoms with Crippen molar-refractivity contribution in [3.05, 3.63) is 35.4 Å². The number of aryl methyl sites for hydroxylation is 1. The summed E-state index contributed by atoms with van der Waals surface area (Å²) in [7, 11) is 0. The van der Waals surface area contributed by atoms with Crippen molar-refractivity contribution in [1.82, 2.24) is 10.6 Å². The Hall–Kier alpha value is -1.39. The number of hydrogen-bond acceptors (Lipinski definition) is 3. The fourth-order valence-electron chi connectivity index (χ4n) is 2.06. The van der Waals surface area contributed by atoms with E-state index in [0.717, 1.165) is 12.1 Å². The first-order chi connectivity index (χ1) is 8.66. The number of benzene rings is 1. The van der Waals surface area contributed by atoms with Crippen molar-refractivity contribution in [2.24, 2.45) is 0 Å². The number of carbonyl (C=O) groups is 1. The van der Waals surface area contributed by atoms with Crippen molar-refractivity contribution in [2.45, 2.75) is 26.0 Å². The van der Waals surface area contributed by atoms with Gasteiger partial charge in [0.25, 0.3) is 5.91 Å². The summed E-state index contributed by atoms with van der Waals surface area (Å²) in [4.78, 5) is 12.0. The van der Waals surface area contributed by atoms with Crippen LogP contribution in [0.3, 0.4) is 0 Å². The minimum absolute atomic E-state index is 0.00271. The number of amides is 1. The second kappa shape index (κ2) is 5.98. The van der Waals surface area contributed by atoms with Gasteiger partial charge in [-0.3, -0.25) is 4.79 Å². The summed E-state index contributed by atoms with van der Waals surface area (Å²) in [5.41, 5.74) is 2.32. The zero-order valence-electron chi connectivity index (χ0n) is 10.9. The molecule has 1 unspecified atom stereocenters. The van der Waals surface area contributed by atoms with E-state index in [-0.39, 0.29) is 18.1 Å². The van der Waals surface area contributed by atoms with E-state index in [2.05, 4.69) is 16.7 Å². The Morgan fingerprint density at radius 3 is 3.06 bits per heavy atom. The monoisotopic (exact) mass is 248 g/mol. The Morgan fingerprint density at radius 1 is 1.56 bits per heavy atom. The highest BCUT2D eigenvalue weighted by Gasteiger charge is 2.23. The number of nitrogens with one attached hydrogen (secondary N) is 2. The number of hydrogen-bond donors (Lipinski definition) is 2. The molecule has 1 aromatic rings. The minimum Gasteiger partial charge on any atom is -0.366 e. The summed E-state index contributed by atoms with van der Waals surface area (Å²) in [5, 5.41) is 6.14. The molecule has 1 saturated heterocycles. The van der Waals surface area contributed by atoms with Crippen LogP contribution in [0.5, 0.6) is 0 Å². The van der Waals surface area contributed by atoms with Crippen LogP contribution in [0, 0.1) is 6.92 Å². The highest BCUT2D eigenvalue weighted by Crippen LogP contribution is 2.14. The molecule has 1 aliphatic rings. The van der Waals surface area contributed by atoms with Gasteiger partial charge in [0.05, 0.1) is 12.6 Å². The van der Waals surface area contributed by atoms with E-state index in [4.69, 9.17) is 4.74 Å². The lowest BCUT2D eigenvalue weighted by molar-refractivity contribution is -0.134. The molecule has 98 valence electrons. The molecule has 2 atom stereocenters. The van der Waals surface area contributed by atoms with Crippen LogP contribution in [0.15, 0.2) is 24.3 Å². The summed E-state index contributed by atoms with van der Waals surface area (Å²) < 4.78 is 5.43. The van der Waals surface area contributed by atoms with Crippen LogP contribution in [0.1, 0.15) is 24.1 Å². The van der Waals surface area contributed by atoms with Crippen molar-refractivity contribution in [1.29, 1.82) is 0 Å². The van der Waals surface area contributed by atoms with Gasteiger partial charge in [-0.25, -0.2) is 0 Å². The average Bonchev–Trinajstić information content (AvgIpc) is 2.39. The van der Waals surface area contributed by atoms with Crippen molar-refractivity contribution >= 4 is 5.91 Å². The molecule has 1 fully saturated rings. The van der Waals surface area contributed by atoms with Crippen LogP contribution in [-0.2, 0) is 9.53 Å². The molecule has 1 aromatic carbocycles. The molecule has 0 saturated carbocycles. The lowest BCUT2D eigenvalue weighted by Gasteiger charge is -2.24. The zero-order valence-corrected chi connectivity index (χ0v) is 10.9. The van der Waals surface area contributed by atoms with Crippen LogP contribution in [0.4, 0.5) is 0 Å². The maximum absolute atomic E-state index is 12.0. The molecular weight excluding hydrogens is 228 g/mol. The maximum Gasteiger partial charge on any atom is 0.250 e. The van der Waals surface area contributed by atoms with E-state index in [1.54, 1.807) is 0 Å². The Morgan fingerprint density at radius 2 is 2.39 bits per heavy atom. The van der Waals surface area contributed by atoms with Crippen molar-refractivity contribution in [3.8, 4) is 0 Å². The molecular formula is C14H20N2O2. The lowest BCUT2D eigenvalue weighted by atomic mass is 10.1. The molecule has 1 aliphatic heterocycles. The maximum atomic E-state index is 12.0. The van der Waals surface area contributed by atoms with Crippen LogP contribution < -0.4 is 10.6 Å². The van der Waals surface area contributed by atoms with Crippen molar-refractivity contribution < 1.29 is 9.53 Å². The molecule has 4 heteroatoms. The molecule has 0 spiro atoms. The molecule has 2 rings (SSSR count). The van der Waals surface area contributed by atoms with Crippen molar-refractivity contribution in [2.75, 3.05) is 19.7 Å². The Kier molecular flexibility index (Phi) is 4.33. The SMILES string of the molecule is Cc1cccc([C@H](C)NC(=O)C2CNCCO2)c1. The first kappa shape index (κ1) is 13.1. The Labute approximate surface area is 108 Å². The third-order valence-electron chi connectivity index (χ3n) is 3.12. The second-order valence-corrected chi connectivity index (χ2v) is 4.71. The Balaban J connectivity index is 1.94. The quantitative estimate of drug-likeness (QED) is 0.844. The van der Waals surface area contributed by atoms with E-state index >= 15 is 0 Å². The number of carbonyl (C=O) groups excluding carboxylic acids is 1. The average molecular weight is 248 g/mol. The van der Waals surface area contributed by atoms with Crippen LogP contribution in [0.25, 0.3) is 0 Å². The van der Waals surface area contributed by atoms with Gasteiger partial charge in [0.1, 0.15) is 6.10 Å². The molecule has 0 aliphatic carbocycles. The summed E-state index contributed by atoms with van der Waals surface area (Å²) in [6, 6.07) is 8.17. The lowest BCUT2D eigenvalue weighted by Crippen LogP contribution is -2.48. The molecule has 0 aromatic heterocycles. The van der Waals surface area contributed by atoms with Crippen LogP contribution >= 0.6 is 0 Å². The first-order valence-electron chi connectivity index (χ1n) is 6.36. The molecule has 0 bridgehead atoms. The summed E-state index contributed by atoms with van der Waals surface area (Å²) >= 11 is 0. The van der Waals surface area contributed by atoms with E-state index in [0.29, 0.717) is 13.2 Å². The normalized spacial score (nSPS) is 21.3. The molecule has 2 N–H and O–H groups in total. The van der Waals surface area contributed by atoms with Gasteiger partial charge in [0, 0.05) is 13.1 Å². The van der Waals surface area contributed by atoms with Gasteiger partial charge in [0.15, 0.2) is 0 Å². The van der Waals surface area contributed by atoms with Crippen LogP contribution in [0.2, 0.25) is 0 Å². The summed E-state index contributed by atoms with van der Waals surface area (Å²) in [5.74, 6) is -0.0452. The Bertz CT molecular complexity index is 414. The van der Waals surface area contributed by atoms with E-state index in [1.165, 1.54) is 5.56 Å². The van der Waals surface area contributed by atoms with E-state index in [1.807, 2.05) is 32.0 Å². The van der Waals surface area contributed by atoms with Gasteiger partial charge in [-0.05, 0) is 19.4 Å². The highest BCUT2D eigenvalue weighted by molar-refractivity contribution is 5.81. The van der Waals surface area contributed by atoms with Crippen molar-refractivity contribution in [3.63, 3.8) is 0 Å². The highest BCUT2D eigenvalue weighted by atomic mass is 16.5.